The van der Waals surface area contributed by atoms with Gasteiger partial charge in [0.2, 0.25) is 5.91 Å². The Hall–Kier alpha value is -1.31. The number of alkyl carbamates (subject to hydrolysis) is 1. The van der Waals surface area contributed by atoms with Crippen molar-refractivity contribution in [3.8, 4) is 0 Å². The summed E-state index contributed by atoms with van der Waals surface area (Å²) in [4.78, 5) is 24.6. The van der Waals surface area contributed by atoms with Crippen molar-refractivity contribution < 1.29 is 22.7 Å². The molecule has 164 valence electrons. The normalized spacial score (nSPS) is 17.4. The quantitative estimate of drug-likeness (QED) is 0.442. The fourth-order valence-electron chi connectivity index (χ4n) is 3.43. The highest BCUT2D eigenvalue weighted by Crippen LogP contribution is 2.27. The van der Waals surface area contributed by atoms with Gasteiger partial charge in [-0.05, 0) is 40.0 Å². The monoisotopic (exact) mass is 418 g/mol. The lowest BCUT2D eigenvalue weighted by Crippen LogP contribution is -2.56. The van der Waals surface area contributed by atoms with Crippen molar-refractivity contribution in [2.24, 2.45) is 0 Å². The molecule has 7 nitrogen and oxygen atoms in total. The van der Waals surface area contributed by atoms with Gasteiger partial charge in [-0.3, -0.25) is 4.79 Å². The fourth-order valence-corrected chi connectivity index (χ4v) is 4.72. The number of unbranched alkanes of at least 4 members (excludes halogenated alkanes) is 2. The van der Waals surface area contributed by atoms with E-state index in [4.69, 9.17) is 4.74 Å². The maximum atomic E-state index is 12.3. The molecule has 0 spiro atoms. The highest BCUT2D eigenvalue weighted by atomic mass is 32.2. The van der Waals surface area contributed by atoms with E-state index in [2.05, 4.69) is 10.6 Å². The van der Waals surface area contributed by atoms with Gasteiger partial charge in [-0.25, -0.2) is 13.2 Å². The van der Waals surface area contributed by atoms with Crippen LogP contribution in [0.25, 0.3) is 0 Å². The first-order valence-electron chi connectivity index (χ1n) is 10.5. The average molecular weight is 419 g/mol. The average Bonchev–Trinajstić information content (AvgIpc) is 2.77. The van der Waals surface area contributed by atoms with E-state index in [0.29, 0.717) is 6.42 Å². The molecule has 2 N–H and O–H groups in total. The largest absolute Gasteiger partial charge is 0.444 e. The molecule has 28 heavy (non-hydrogen) atoms. The zero-order valence-electron chi connectivity index (χ0n) is 17.9. The summed E-state index contributed by atoms with van der Waals surface area (Å²) in [5.41, 5.74) is -1.20. The molecule has 0 unspecified atom stereocenters. The van der Waals surface area contributed by atoms with Gasteiger partial charge in [0.25, 0.3) is 0 Å². The second kappa shape index (κ2) is 11.0. The lowest BCUT2D eigenvalue weighted by atomic mass is 9.90. The number of hydrogen-bond donors (Lipinski definition) is 2. The van der Waals surface area contributed by atoms with E-state index in [1.165, 1.54) is 0 Å². The van der Waals surface area contributed by atoms with Gasteiger partial charge in [0.05, 0.1) is 11.3 Å². The summed E-state index contributed by atoms with van der Waals surface area (Å²) in [6.45, 7) is 7.63. The van der Waals surface area contributed by atoms with Crippen LogP contribution in [0.1, 0.15) is 85.5 Å². The molecule has 8 heteroatoms. The minimum Gasteiger partial charge on any atom is -0.444 e. The molecule has 0 heterocycles. The maximum absolute atomic E-state index is 12.3. The standard InChI is InChI=1S/C20H38N2O5S/c1-5-6-11-14-28(25,26)15-17(23)21-16-20(12-9-7-8-10-13-20)22-18(24)27-19(2,3)4/h5-16H2,1-4H3,(H,21,23)(H,22,24). The van der Waals surface area contributed by atoms with Gasteiger partial charge in [0.15, 0.2) is 9.84 Å². The molecule has 0 bridgehead atoms. The third-order valence-corrected chi connectivity index (χ3v) is 6.47. The predicted octanol–water partition coefficient (Wildman–Crippen LogP) is 3.33. The molecule has 1 aliphatic carbocycles. The van der Waals surface area contributed by atoms with Crippen LogP contribution in [0, 0.1) is 0 Å². The Balaban J connectivity index is 2.68. The van der Waals surface area contributed by atoms with Gasteiger partial charge in [0, 0.05) is 6.54 Å². The van der Waals surface area contributed by atoms with E-state index >= 15 is 0 Å². The Morgan fingerprint density at radius 2 is 1.64 bits per heavy atom. The number of carbonyl (C=O) groups is 2. The number of amides is 2. The molecular weight excluding hydrogens is 380 g/mol. The Labute approximate surface area is 170 Å². The van der Waals surface area contributed by atoms with Crippen LogP contribution >= 0.6 is 0 Å². The van der Waals surface area contributed by atoms with Crippen molar-refractivity contribution in [3.63, 3.8) is 0 Å². The lowest BCUT2D eigenvalue weighted by Gasteiger charge is -2.35. The smallest absolute Gasteiger partial charge is 0.408 e. The summed E-state index contributed by atoms with van der Waals surface area (Å²) in [7, 11) is -3.40. The zero-order valence-corrected chi connectivity index (χ0v) is 18.8. The molecule has 1 saturated carbocycles. The Bertz CT molecular complexity index is 603. The number of nitrogens with one attached hydrogen (secondary N) is 2. The second-order valence-corrected chi connectivity index (χ2v) is 11.1. The van der Waals surface area contributed by atoms with E-state index in [9.17, 15) is 18.0 Å². The van der Waals surface area contributed by atoms with Crippen molar-refractivity contribution in [2.75, 3.05) is 18.1 Å². The van der Waals surface area contributed by atoms with E-state index < -0.39 is 38.7 Å². The summed E-state index contributed by atoms with van der Waals surface area (Å²) >= 11 is 0. The Kier molecular flexibility index (Phi) is 9.74. The van der Waals surface area contributed by atoms with E-state index in [-0.39, 0.29) is 12.3 Å². The predicted molar refractivity (Wildman–Crippen MR) is 111 cm³/mol. The molecule has 0 aliphatic heterocycles. The first-order valence-corrected chi connectivity index (χ1v) is 12.3. The van der Waals surface area contributed by atoms with Crippen molar-refractivity contribution in [1.82, 2.24) is 10.6 Å². The molecule has 0 aromatic rings. The third kappa shape index (κ3) is 10.3. The molecule has 0 aromatic carbocycles. The Morgan fingerprint density at radius 3 is 2.18 bits per heavy atom. The molecule has 0 saturated heterocycles. The Morgan fingerprint density at radius 1 is 1.04 bits per heavy atom. The second-order valence-electron chi connectivity index (χ2n) is 8.90. The van der Waals surface area contributed by atoms with Crippen LogP contribution in [0.15, 0.2) is 0 Å². The van der Waals surface area contributed by atoms with Crippen molar-refractivity contribution in [3.05, 3.63) is 0 Å². The summed E-state index contributed by atoms with van der Waals surface area (Å²) in [6, 6.07) is 0. The number of ether oxygens (including phenoxy) is 1. The van der Waals surface area contributed by atoms with Gasteiger partial charge in [-0.1, -0.05) is 45.4 Å². The fraction of sp³-hybridized carbons (Fsp3) is 0.900. The highest BCUT2D eigenvalue weighted by molar-refractivity contribution is 7.92. The van der Waals surface area contributed by atoms with Gasteiger partial charge in [-0.15, -0.1) is 0 Å². The van der Waals surface area contributed by atoms with E-state index in [1.54, 1.807) is 20.8 Å². The molecule has 1 aliphatic rings. The van der Waals surface area contributed by atoms with Gasteiger partial charge in [-0.2, -0.15) is 0 Å². The maximum Gasteiger partial charge on any atom is 0.408 e. The van der Waals surface area contributed by atoms with Crippen LogP contribution in [0.2, 0.25) is 0 Å². The van der Waals surface area contributed by atoms with Gasteiger partial charge < -0.3 is 15.4 Å². The number of sulfone groups is 1. The summed E-state index contributed by atoms with van der Waals surface area (Å²) in [5.74, 6) is -0.972. The summed E-state index contributed by atoms with van der Waals surface area (Å²) in [5, 5.41) is 5.71. The SMILES string of the molecule is CCCCCS(=O)(=O)CC(=O)NCC1(NC(=O)OC(C)(C)C)CCCCCC1. The van der Waals surface area contributed by atoms with Crippen LogP contribution in [-0.2, 0) is 19.4 Å². The topological polar surface area (TPSA) is 102 Å². The van der Waals surface area contributed by atoms with Crippen molar-refractivity contribution in [1.29, 1.82) is 0 Å². The molecule has 0 radical (unpaired) electrons. The minimum atomic E-state index is -3.40. The zero-order chi connectivity index (χ0) is 21.3. The van der Waals surface area contributed by atoms with Crippen molar-refractivity contribution in [2.45, 2.75) is 96.6 Å². The molecular formula is C20H38N2O5S. The third-order valence-electron chi connectivity index (χ3n) is 4.86. The summed E-state index contributed by atoms with van der Waals surface area (Å²) in [6.07, 6.45) is 7.36. The van der Waals surface area contributed by atoms with Gasteiger partial charge in [0.1, 0.15) is 11.4 Å². The molecule has 0 aromatic heterocycles. The minimum absolute atomic E-state index is 0.0373. The first kappa shape index (κ1) is 24.7. The van der Waals surface area contributed by atoms with E-state index in [0.717, 1.165) is 51.4 Å². The molecule has 2 amide bonds. The van der Waals surface area contributed by atoms with E-state index in [1.807, 2.05) is 6.92 Å². The number of hydrogen-bond acceptors (Lipinski definition) is 5. The van der Waals surface area contributed by atoms with Crippen LogP contribution in [-0.4, -0.2) is 49.6 Å². The highest BCUT2D eigenvalue weighted by Gasteiger charge is 2.35. The lowest BCUT2D eigenvalue weighted by molar-refractivity contribution is -0.119. The van der Waals surface area contributed by atoms with Crippen LogP contribution in [0.5, 0.6) is 0 Å². The van der Waals surface area contributed by atoms with Crippen LogP contribution < -0.4 is 10.6 Å². The molecule has 0 atom stereocenters. The number of rotatable bonds is 9. The van der Waals surface area contributed by atoms with Gasteiger partial charge >= 0.3 is 6.09 Å². The molecule has 1 rings (SSSR count). The molecule has 1 fully saturated rings. The van der Waals surface area contributed by atoms with Crippen LogP contribution in [0.3, 0.4) is 0 Å². The van der Waals surface area contributed by atoms with Crippen molar-refractivity contribution >= 4 is 21.8 Å². The number of carbonyl (C=O) groups excluding carboxylic acids is 2. The summed E-state index contributed by atoms with van der Waals surface area (Å²) < 4.78 is 29.6. The first-order chi connectivity index (χ1) is 13.0. The van der Waals surface area contributed by atoms with Crippen LogP contribution in [0.4, 0.5) is 4.79 Å².